The largest absolute Gasteiger partial charge is 0.338 e. The number of likely N-dealkylation sites (N-methyl/N-ethyl adjacent to an activating group) is 1. The van der Waals surface area contributed by atoms with Gasteiger partial charge in [0.05, 0.1) is 16.8 Å². The summed E-state index contributed by atoms with van der Waals surface area (Å²) in [5.74, 6) is 0.417. The molecule has 2 aromatic rings. The van der Waals surface area contributed by atoms with Gasteiger partial charge in [-0.2, -0.15) is 0 Å². The molecule has 0 bridgehead atoms. The Morgan fingerprint density at radius 2 is 2.05 bits per heavy atom. The zero-order chi connectivity index (χ0) is 14.8. The number of hydrogen-bond donors (Lipinski definition) is 0. The van der Waals surface area contributed by atoms with Gasteiger partial charge in [-0.3, -0.25) is 0 Å². The number of thiazole rings is 1. The highest BCUT2D eigenvalue weighted by Crippen LogP contribution is 2.36. The third-order valence-electron chi connectivity index (χ3n) is 3.77. The first-order valence-electron chi connectivity index (χ1n) is 6.90. The first kappa shape index (κ1) is 15.1. The van der Waals surface area contributed by atoms with Gasteiger partial charge in [0.1, 0.15) is 5.15 Å². The third kappa shape index (κ3) is 3.19. The first-order valence-corrected chi connectivity index (χ1v) is 8.63. The minimum atomic E-state index is 0.301. The van der Waals surface area contributed by atoms with E-state index in [1.165, 1.54) is 5.56 Å². The lowest BCUT2D eigenvalue weighted by Gasteiger charge is -2.40. The lowest BCUT2D eigenvalue weighted by Crippen LogP contribution is -2.46. The molecule has 2 heterocycles. The average Bonchev–Trinajstić information content (AvgIpc) is 2.89. The Morgan fingerprint density at radius 1 is 1.29 bits per heavy atom. The van der Waals surface area contributed by atoms with Crippen LogP contribution in [0.15, 0.2) is 30.3 Å². The number of rotatable bonds is 3. The number of piperazine rings is 1. The van der Waals surface area contributed by atoms with E-state index in [2.05, 4.69) is 46.1 Å². The summed E-state index contributed by atoms with van der Waals surface area (Å²) in [6.07, 6.45) is 0. The summed E-state index contributed by atoms with van der Waals surface area (Å²) in [6, 6.07) is 10.9. The van der Waals surface area contributed by atoms with Crippen LogP contribution in [-0.4, -0.2) is 36.6 Å². The van der Waals surface area contributed by atoms with Gasteiger partial charge in [0.15, 0.2) is 5.13 Å². The van der Waals surface area contributed by atoms with E-state index in [-0.39, 0.29) is 0 Å². The van der Waals surface area contributed by atoms with Crippen molar-refractivity contribution in [3.8, 4) is 0 Å². The Kier molecular flexibility index (Phi) is 4.69. The van der Waals surface area contributed by atoms with Crippen LogP contribution in [0.2, 0.25) is 5.15 Å². The Bertz CT molecular complexity index is 602. The molecular weight excluding hydrogens is 325 g/mol. The van der Waals surface area contributed by atoms with E-state index in [9.17, 15) is 0 Å². The highest BCUT2D eigenvalue weighted by atomic mass is 35.5. The van der Waals surface area contributed by atoms with E-state index >= 15 is 0 Å². The van der Waals surface area contributed by atoms with Crippen LogP contribution in [-0.2, 0) is 5.88 Å². The van der Waals surface area contributed by atoms with Gasteiger partial charge in [0, 0.05) is 19.6 Å². The molecule has 1 aromatic carbocycles. The monoisotopic (exact) mass is 341 g/mol. The summed E-state index contributed by atoms with van der Waals surface area (Å²) < 4.78 is 0. The fraction of sp³-hybridized carbons (Fsp3) is 0.400. The summed E-state index contributed by atoms with van der Waals surface area (Å²) in [5.41, 5.74) is 1.31. The highest BCUT2D eigenvalue weighted by molar-refractivity contribution is 7.16. The first-order chi connectivity index (χ1) is 10.2. The van der Waals surface area contributed by atoms with E-state index < -0.39 is 0 Å². The van der Waals surface area contributed by atoms with Crippen molar-refractivity contribution in [3.63, 3.8) is 0 Å². The average molecular weight is 342 g/mol. The number of anilines is 1. The van der Waals surface area contributed by atoms with Crippen molar-refractivity contribution in [2.75, 3.05) is 31.6 Å². The van der Waals surface area contributed by atoms with Gasteiger partial charge in [0.25, 0.3) is 0 Å². The molecule has 0 amide bonds. The molecule has 1 aromatic heterocycles. The van der Waals surface area contributed by atoms with E-state index in [4.69, 9.17) is 23.2 Å². The Labute approximate surface area is 139 Å². The zero-order valence-corrected chi connectivity index (χ0v) is 14.1. The molecule has 0 aliphatic carbocycles. The van der Waals surface area contributed by atoms with E-state index in [0.717, 1.165) is 29.6 Å². The maximum absolute atomic E-state index is 6.16. The smallest absolute Gasteiger partial charge is 0.187 e. The summed E-state index contributed by atoms with van der Waals surface area (Å²) >= 11 is 13.7. The Hall–Kier alpha value is -0.810. The van der Waals surface area contributed by atoms with Crippen LogP contribution in [0.5, 0.6) is 0 Å². The standard InChI is InChI=1S/C15H17Cl2N3S/c1-19-7-8-20(15-18-14(17)13(9-16)21-15)12(10-19)11-5-3-2-4-6-11/h2-6,12H,7-10H2,1H3. The number of hydrogen-bond acceptors (Lipinski definition) is 4. The van der Waals surface area contributed by atoms with Crippen LogP contribution in [0.4, 0.5) is 5.13 Å². The van der Waals surface area contributed by atoms with Gasteiger partial charge in [-0.25, -0.2) is 4.98 Å². The van der Waals surface area contributed by atoms with Crippen molar-refractivity contribution in [3.05, 3.63) is 45.9 Å². The highest BCUT2D eigenvalue weighted by Gasteiger charge is 2.29. The van der Waals surface area contributed by atoms with Gasteiger partial charge in [-0.05, 0) is 12.6 Å². The minimum Gasteiger partial charge on any atom is -0.338 e. The number of alkyl halides is 1. The fourth-order valence-electron chi connectivity index (χ4n) is 2.64. The fourth-order valence-corrected chi connectivity index (χ4v) is 4.18. The minimum absolute atomic E-state index is 0.301. The van der Waals surface area contributed by atoms with Gasteiger partial charge in [-0.15, -0.1) is 11.6 Å². The molecule has 0 spiro atoms. The molecule has 3 nitrogen and oxygen atoms in total. The summed E-state index contributed by atoms with van der Waals surface area (Å²) in [4.78, 5) is 10.2. The topological polar surface area (TPSA) is 19.4 Å². The van der Waals surface area contributed by atoms with Gasteiger partial charge in [-0.1, -0.05) is 53.3 Å². The number of nitrogens with zero attached hydrogens (tertiary/aromatic N) is 3. The van der Waals surface area contributed by atoms with Crippen molar-refractivity contribution >= 4 is 39.7 Å². The molecule has 1 aliphatic heterocycles. The molecule has 21 heavy (non-hydrogen) atoms. The zero-order valence-electron chi connectivity index (χ0n) is 11.8. The van der Waals surface area contributed by atoms with Crippen LogP contribution in [0, 0.1) is 0 Å². The van der Waals surface area contributed by atoms with E-state index in [1.807, 2.05) is 6.07 Å². The van der Waals surface area contributed by atoms with E-state index in [1.54, 1.807) is 11.3 Å². The van der Waals surface area contributed by atoms with Crippen LogP contribution >= 0.6 is 34.5 Å². The van der Waals surface area contributed by atoms with Crippen molar-refractivity contribution in [2.45, 2.75) is 11.9 Å². The molecule has 1 saturated heterocycles. The summed E-state index contributed by atoms with van der Waals surface area (Å²) in [5, 5.41) is 1.51. The van der Waals surface area contributed by atoms with Crippen molar-refractivity contribution in [1.29, 1.82) is 0 Å². The molecule has 0 saturated carbocycles. The normalized spacial score (nSPS) is 20.0. The third-order valence-corrected chi connectivity index (χ3v) is 5.72. The molecule has 1 aliphatic rings. The molecule has 112 valence electrons. The maximum atomic E-state index is 6.16. The molecule has 1 fully saturated rings. The predicted octanol–water partition coefficient (Wildman–Crippen LogP) is 4.03. The predicted molar refractivity (Wildman–Crippen MR) is 90.7 cm³/mol. The van der Waals surface area contributed by atoms with Crippen molar-refractivity contribution in [1.82, 2.24) is 9.88 Å². The van der Waals surface area contributed by atoms with Crippen LogP contribution in [0.1, 0.15) is 16.5 Å². The van der Waals surface area contributed by atoms with Gasteiger partial charge < -0.3 is 9.80 Å². The van der Waals surface area contributed by atoms with Gasteiger partial charge in [0.2, 0.25) is 0 Å². The second-order valence-corrected chi connectivity index (χ2v) is 6.91. The Balaban J connectivity index is 1.94. The molecular formula is C15H17Cl2N3S. The Morgan fingerprint density at radius 3 is 2.71 bits per heavy atom. The van der Waals surface area contributed by atoms with Crippen molar-refractivity contribution in [2.24, 2.45) is 0 Å². The number of benzene rings is 1. The molecule has 1 unspecified atom stereocenters. The second kappa shape index (κ2) is 6.53. The SMILES string of the molecule is CN1CCN(c2nc(Cl)c(CCl)s2)C(c2ccccc2)C1. The lowest BCUT2D eigenvalue weighted by molar-refractivity contribution is 0.269. The number of halogens is 2. The lowest BCUT2D eigenvalue weighted by atomic mass is 10.0. The summed E-state index contributed by atoms with van der Waals surface area (Å²) in [6.45, 7) is 2.95. The molecule has 6 heteroatoms. The molecule has 0 radical (unpaired) electrons. The number of aromatic nitrogens is 1. The summed E-state index contributed by atoms with van der Waals surface area (Å²) in [7, 11) is 2.16. The van der Waals surface area contributed by atoms with Crippen LogP contribution in [0.25, 0.3) is 0 Å². The second-order valence-electron chi connectivity index (χ2n) is 5.23. The van der Waals surface area contributed by atoms with Crippen LogP contribution in [0.3, 0.4) is 0 Å². The van der Waals surface area contributed by atoms with Gasteiger partial charge >= 0.3 is 0 Å². The van der Waals surface area contributed by atoms with Crippen molar-refractivity contribution < 1.29 is 0 Å². The molecule has 1 atom stereocenters. The maximum Gasteiger partial charge on any atom is 0.187 e. The molecule has 0 N–H and O–H groups in total. The van der Waals surface area contributed by atoms with E-state index in [0.29, 0.717) is 17.1 Å². The quantitative estimate of drug-likeness (QED) is 0.785. The van der Waals surface area contributed by atoms with Crippen LogP contribution < -0.4 is 4.90 Å². The molecule has 3 rings (SSSR count).